The van der Waals surface area contributed by atoms with Crippen molar-refractivity contribution in [2.45, 2.75) is 19.9 Å². The number of ether oxygens (including phenoxy) is 1. The van der Waals surface area contributed by atoms with Crippen molar-refractivity contribution in [3.8, 4) is 5.75 Å². The van der Waals surface area contributed by atoms with Crippen molar-refractivity contribution < 1.29 is 14.3 Å². The van der Waals surface area contributed by atoms with Gasteiger partial charge in [0.2, 0.25) is 11.8 Å². The standard InChI is InChI=1S/C16H25N3O3/c1-12(2)19(4)16(21)11-18(3)10-15(20)17-13-6-8-14(22-5)9-7-13/h6-9,12H,10-11H2,1-5H3,(H,17,20). The summed E-state index contributed by atoms with van der Waals surface area (Å²) in [6.07, 6.45) is 0. The third kappa shape index (κ3) is 5.73. The van der Waals surface area contributed by atoms with Gasteiger partial charge in [-0.05, 0) is 45.2 Å². The predicted molar refractivity (Wildman–Crippen MR) is 87.0 cm³/mol. The first kappa shape index (κ1) is 18.0. The molecule has 0 bridgehead atoms. The van der Waals surface area contributed by atoms with Crippen LogP contribution < -0.4 is 10.1 Å². The van der Waals surface area contributed by atoms with E-state index in [-0.39, 0.29) is 30.9 Å². The molecule has 6 nitrogen and oxygen atoms in total. The fraction of sp³-hybridized carbons (Fsp3) is 0.500. The topological polar surface area (TPSA) is 61.9 Å². The summed E-state index contributed by atoms with van der Waals surface area (Å²) < 4.78 is 5.06. The molecular formula is C16H25N3O3. The van der Waals surface area contributed by atoms with Crippen LogP contribution >= 0.6 is 0 Å². The Labute approximate surface area is 132 Å². The van der Waals surface area contributed by atoms with Crippen molar-refractivity contribution in [1.29, 1.82) is 0 Å². The molecule has 0 saturated heterocycles. The Bertz CT molecular complexity index is 500. The average molecular weight is 307 g/mol. The van der Waals surface area contributed by atoms with E-state index in [1.54, 1.807) is 55.3 Å². The number of carbonyl (C=O) groups is 2. The molecule has 2 amide bonds. The highest BCUT2D eigenvalue weighted by Crippen LogP contribution is 2.14. The van der Waals surface area contributed by atoms with Crippen LogP contribution in [0.1, 0.15) is 13.8 Å². The van der Waals surface area contributed by atoms with Gasteiger partial charge >= 0.3 is 0 Å². The molecule has 0 unspecified atom stereocenters. The number of benzene rings is 1. The van der Waals surface area contributed by atoms with E-state index in [4.69, 9.17) is 4.74 Å². The number of methoxy groups -OCH3 is 1. The lowest BCUT2D eigenvalue weighted by Gasteiger charge is -2.24. The van der Waals surface area contributed by atoms with Gasteiger partial charge in [-0.2, -0.15) is 0 Å². The van der Waals surface area contributed by atoms with Crippen LogP contribution in [-0.2, 0) is 9.59 Å². The summed E-state index contributed by atoms with van der Waals surface area (Å²) in [5.41, 5.74) is 0.699. The van der Waals surface area contributed by atoms with E-state index in [2.05, 4.69) is 5.32 Å². The summed E-state index contributed by atoms with van der Waals surface area (Å²) in [6, 6.07) is 7.25. The van der Waals surface area contributed by atoms with Crippen molar-refractivity contribution in [2.75, 3.05) is 39.6 Å². The second-order valence-corrected chi connectivity index (χ2v) is 5.55. The molecule has 0 aliphatic rings. The van der Waals surface area contributed by atoms with Crippen LogP contribution in [0, 0.1) is 0 Å². The van der Waals surface area contributed by atoms with Gasteiger partial charge in [-0.3, -0.25) is 14.5 Å². The molecule has 1 aromatic rings. The quantitative estimate of drug-likeness (QED) is 0.828. The smallest absolute Gasteiger partial charge is 0.238 e. The lowest BCUT2D eigenvalue weighted by atomic mass is 10.3. The summed E-state index contributed by atoms with van der Waals surface area (Å²) in [6.45, 7) is 4.27. The first-order valence-corrected chi connectivity index (χ1v) is 7.21. The number of anilines is 1. The second-order valence-electron chi connectivity index (χ2n) is 5.55. The maximum absolute atomic E-state index is 12.0. The molecule has 0 heterocycles. The summed E-state index contributed by atoms with van der Waals surface area (Å²) in [7, 11) is 5.10. The molecule has 1 aromatic carbocycles. The Morgan fingerprint density at radius 3 is 2.23 bits per heavy atom. The van der Waals surface area contributed by atoms with Gasteiger partial charge < -0.3 is 15.0 Å². The number of hydrogen-bond acceptors (Lipinski definition) is 4. The van der Waals surface area contributed by atoms with Gasteiger partial charge in [0.1, 0.15) is 5.75 Å². The molecule has 122 valence electrons. The molecule has 0 radical (unpaired) electrons. The molecule has 0 aliphatic heterocycles. The molecule has 1 rings (SSSR count). The van der Waals surface area contributed by atoms with Crippen LogP contribution in [0.5, 0.6) is 5.75 Å². The number of nitrogens with one attached hydrogen (secondary N) is 1. The number of likely N-dealkylation sites (N-methyl/N-ethyl adjacent to an activating group) is 2. The zero-order valence-electron chi connectivity index (χ0n) is 13.9. The van der Waals surface area contributed by atoms with Gasteiger partial charge in [0.15, 0.2) is 0 Å². The average Bonchev–Trinajstić information content (AvgIpc) is 2.46. The monoisotopic (exact) mass is 307 g/mol. The van der Waals surface area contributed by atoms with E-state index in [9.17, 15) is 9.59 Å². The zero-order valence-corrected chi connectivity index (χ0v) is 13.9. The van der Waals surface area contributed by atoms with Crippen LogP contribution in [0.3, 0.4) is 0 Å². The van der Waals surface area contributed by atoms with Crippen molar-refractivity contribution >= 4 is 17.5 Å². The van der Waals surface area contributed by atoms with Gasteiger partial charge in [-0.15, -0.1) is 0 Å². The Morgan fingerprint density at radius 1 is 1.14 bits per heavy atom. The second kappa shape index (κ2) is 8.38. The van der Waals surface area contributed by atoms with Crippen molar-refractivity contribution in [3.63, 3.8) is 0 Å². The van der Waals surface area contributed by atoms with Crippen LogP contribution in [0.15, 0.2) is 24.3 Å². The van der Waals surface area contributed by atoms with E-state index in [0.717, 1.165) is 5.75 Å². The maximum Gasteiger partial charge on any atom is 0.238 e. The molecule has 0 atom stereocenters. The molecule has 0 aromatic heterocycles. The maximum atomic E-state index is 12.0. The van der Waals surface area contributed by atoms with E-state index in [1.807, 2.05) is 13.8 Å². The highest BCUT2D eigenvalue weighted by atomic mass is 16.5. The van der Waals surface area contributed by atoms with Gasteiger partial charge in [0.05, 0.1) is 20.2 Å². The highest BCUT2D eigenvalue weighted by molar-refractivity contribution is 5.92. The molecule has 0 spiro atoms. The van der Waals surface area contributed by atoms with Gasteiger partial charge in [-0.25, -0.2) is 0 Å². The largest absolute Gasteiger partial charge is 0.497 e. The Kier molecular flexibility index (Phi) is 6.85. The van der Waals surface area contributed by atoms with Crippen molar-refractivity contribution in [3.05, 3.63) is 24.3 Å². The van der Waals surface area contributed by atoms with Crippen LogP contribution in [0.4, 0.5) is 5.69 Å². The third-order valence-electron chi connectivity index (χ3n) is 3.36. The number of hydrogen-bond donors (Lipinski definition) is 1. The summed E-state index contributed by atoms with van der Waals surface area (Å²) in [5, 5.41) is 2.79. The predicted octanol–water partition coefficient (Wildman–Crippen LogP) is 1.43. The summed E-state index contributed by atoms with van der Waals surface area (Å²) in [5.74, 6) is 0.569. The summed E-state index contributed by atoms with van der Waals surface area (Å²) >= 11 is 0. The lowest BCUT2D eigenvalue weighted by Crippen LogP contribution is -2.42. The zero-order chi connectivity index (χ0) is 16.7. The molecule has 0 saturated carbocycles. The van der Waals surface area contributed by atoms with Crippen LogP contribution in [0.2, 0.25) is 0 Å². The summed E-state index contributed by atoms with van der Waals surface area (Å²) in [4.78, 5) is 27.3. The number of rotatable bonds is 7. The molecule has 0 fully saturated rings. The van der Waals surface area contributed by atoms with Gasteiger partial charge in [0.25, 0.3) is 0 Å². The van der Waals surface area contributed by atoms with E-state index in [1.165, 1.54) is 0 Å². The molecule has 1 N–H and O–H groups in total. The minimum atomic E-state index is -0.160. The van der Waals surface area contributed by atoms with Gasteiger partial charge in [-0.1, -0.05) is 0 Å². The third-order valence-corrected chi connectivity index (χ3v) is 3.36. The minimum absolute atomic E-state index is 0.00486. The van der Waals surface area contributed by atoms with Crippen LogP contribution in [0.25, 0.3) is 0 Å². The molecule has 6 heteroatoms. The van der Waals surface area contributed by atoms with Gasteiger partial charge in [0, 0.05) is 18.8 Å². The Balaban J connectivity index is 2.45. The lowest BCUT2D eigenvalue weighted by molar-refractivity contribution is -0.132. The van der Waals surface area contributed by atoms with Crippen LogP contribution in [-0.4, -0.2) is 62.0 Å². The first-order chi connectivity index (χ1) is 10.3. The first-order valence-electron chi connectivity index (χ1n) is 7.21. The highest BCUT2D eigenvalue weighted by Gasteiger charge is 2.15. The minimum Gasteiger partial charge on any atom is -0.497 e. The Morgan fingerprint density at radius 2 is 1.73 bits per heavy atom. The SMILES string of the molecule is COc1ccc(NC(=O)CN(C)CC(=O)N(C)C(C)C)cc1. The Hall–Kier alpha value is -2.08. The fourth-order valence-electron chi connectivity index (χ4n) is 1.81. The number of carbonyl (C=O) groups excluding carboxylic acids is 2. The molecular weight excluding hydrogens is 282 g/mol. The normalized spacial score (nSPS) is 10.7. The van der Waals surface area contributed by atoms with E-state index in [0.29, 0.717) is 5.69 Å². The van der Waals surface area contributed by atoms with E-state index >= 15 is 0 Å². The molecule has 22 heavy (non-hydrogen) atoms. The van der Waals surface area contributed by atoms with E-state index < -0.39 is 0 Å². The van der Waals surface area contributed by atoms with Crippen molar-refractivity contribution in [1.82, 2.24) is 9.80 Å². The molecule has 0 aliphatic carbocycles. The van der Waals surface area contributed by atoms with Crippen molar-refractivity contribution in [2.24, 2.45) is 0 Å². The number of amides is 2. The fourth-order valence-corrected chi connectivity index (χ4v) is 1.81. The number of nitrogens with zero attached hydrogens (tertiary/aromatic N) is 2.